The molecule has 1 aromatic carbocycles. The number of nitrogens with one attached hydrogen (secondary N) is 3. The third-order valence-corrected chi connectivity index (χ3v) is 7.65. The number of hydrogen-bond donors (Lipinski definition) is 4. The molecule has 12 heteroatoms. The van der Waals surface area contributed by atoms with Crippen LogP contribution in [0.3, 0.4) is 0 Å². The maximum absolute atomic E-state index is 13.7. The molecule has 9 nitrogen and oxygen atoms in total. The van der Waals surface area contributed by atoms with Crippen molar-refractivity contribution in [3.05, 3.63) is 35.9 Å². The molecule has 0 spiro atoms. The van der Waals surface area contributed by atoms with Crippen LogP contribution in [-0.2, 0) is 30.3 Å². The molecule has 1 aromatic rings. The van der Waals surface area contributed by atoms with Crippen LogP contribution in [0.5, 0.6) is 0 Å². The van der Waals surface area contributed by atoms with Crippen molar-refractivity contribution in [1.29, 1.82) is 0 Å². The van der Waals surface area contributed by atoms with Crippen molar-refractivity contribution in [1.82, 2.24) is 16.0 Å². The molecule has 2 rings (SSSR count). The van der Waals surface area contributed by atoms with Gasteiger partial charge < -0.3 is 26.4 Å². The second-order valence-corrected chi connectivity index (χ2v) is 12.7. The van der Waals surface area contributed by atoms with Crippen molar-refractivity contribution in [3.63, 3.8) is 0 Å². The third kappa shape index (κ3) is 13.7. The number of carbonyl (C=O) groups excluding carboxylic acids is 4. The smallest absolute Gasteiger partial charge is 0.453 e. The molecule has 0 radical (unpaired) electrons. The summed E-state index contributed by atoms with van der Waals surface area (Å²) >= 11 is 0. The van der Waals surface area contributed by atoms with Crippen LogP contribution in [0.1, 0.15) is 84.6 Å². The molecule has 0 bridgehead atoms. The highest BCUT2D eigenvalue weighted by Crippen LogP contribution is 2.30. The van der Waals surface area contributed by atoms with E-state index in [0.29, 0.717) is 0 Å². The minimum Gasteiger partial charge on any atom is -0.453 e. The summed E-state index contributed by atoms with van der Waals surface area (Å²) in [4.78, 5) is 51.5. The zero-order valence-corrected chi connectivity index (χ0v) is 26.3. The van der Waals surface area contributed by atoms with Crippen molar-refractivity contribution in [2.24, 2.45) is 23.5 Å². The molecule has 5 N–H and O–H groups in total. The van der Waals surface area contributed by atoms with Gasteiger partial charge in [0.05, 0.1) is 18.5 Å². The van der Waals surface area contributed by atoms with Crippen molar-refractivity contribution in [2.75, 3.05) is 6.54 Å². The predicted octanol–water partition coefficient (Wildman–Crippen LogP) is 4.18. The number of rotatable bonds is 16. The van der Waals surface area contributed by atoms with E-state index in [9.17, 15) is 32.3 Å². The van der Waals surface area contributed by atoms with E-state index in [0.717, 1.165) is 37.7 Å². The molecule has 1 aliphatic rings. The number of ether oxygens (including phenoxy) is 1. The zero-order valence-electron chi connectivity index (χ0n) is 26.3. The third-order valence-electron chi connectivity index (χ3n) is 7.65. The molecule has 44 heavy (non-hydrogen) atoms. The molecule has 0 unspecified atom stereocenters. The summed E-state index contributed by atoms with van der Waals surface area (Å²) in [6.07, 6.45) is -2.24. The lowest BCUT2D eigenvalue weighted by Gasteiger charge is -2.33. The van der Waals surface area contributed by atoms with Crippen LogP contribution in [0.2, 0.25) is 0 Å². The second kappa shape index (κ2) is 18.0. The number of hydrogen-bond acceptors (Lipinski definition) is 6. The molecular weight excluding hydrogens is 577 g/mol. The zero-order chi connectivity index (χ0) is 32.9. The molecule has 1 fully saturated rings. The summed E-state index contributed by atoms with van der Waals surface area (Å²) < 4.78 is 44.8. The fourth-order valence-corrected chi connectivity index (χ4v) is 5.35. The van der Waals surface area contributed by atoms with Crippen LogP contribution in [0, 0.1) is 17.8 Å². The Balaban J connectivity index is 2.31. The molecule has 4 atom stereocenters. The molecule has 0 aromatic heterocycles. The Morgan fingerprint density at radius 1 is 0.932 bits per heavy atom. The van der Waals surface area contributed by atoms with Crippen LogP contribution in [-0.4, -0.2) is 60.6 Å². The SMILES string of the molecule is CC(C)CNC(=O)C[C@H](OC(=O)C(F)(F)F)[C@H](CC1CCCCC1)NC(=O)[C@H](CC(C)C)NC(=O)[C@@H](N)Cc1ccccc1. The number of benzene rings is 1. The second-order valence-electron chi connectivity index (χ2n) is 12.7. The topological polar surface area (TPSA) is 140 Å². The first kappa shape index (κ1) is 37.0. The van der Waals surface area contributed by atoms with E-state index >= 15 is 0 Å². The van der Waals surface area contributed by atoms with E-state index in [1.807, 2.05) is 58.0 Å². The van der Waals surface area contributed by atoms with E-state index in [1.54, 1.807) is 0 Å². The van der Waals surface area contributed by atoms with Crippen molar-refractivity contribution < 1.29 is 37.1 Å². The highest BCUT2D eigenvalue weighted by Gasteiger charge is 2.44. The summed E-state index contributed by atoms with van der Waals surface area (Å²) in [7, 11) is 0. The highest BCUT2D eigenvalue weighted by atomic mass is 19.4. The lowest BCUT2D eigenvalue weighted by atomic mass is 9.83. The number of nitrogens with two attached hydrogens (primary N) is 1. The Bertz CT molecular complexity index is 1060. The Kier molecular flexibility index (Phi) is 15.1. The quantitative estimate of drug-likeness (QED) is 0.203. The summed E-state index contributed by atoms with van der Waals surface area (Å²) in [5.41, 5.74) is 6.99. The molecule has 1 saturated carbocycles. The van der Waals surface area contributed by atoms with Crippen LogP contribution in [0.4, 0.5) is 13.2 Å². The molecular formula is C32H49F3N4O5. The molecule has 1 aliphatic carbocycles. The van der Waals surface area contributed by atoms with Gasteiger partial charge in [0, 0.05) is 6.54 Å². The normalized spacial score (nSPS) is 17.0. The van der Waals surface area contributed by atoms with Crippen molar-refractivity contribution in [3.8, 4) is 0 Å². The number of halogens is 3. The van der Waals surface area contributed by atoms with Gasteiger partial charge >= 0.3 is 12.1 Å². The maximum atomic E-state index is 13.7. The minimum absolute atomic E-state index is 0.0335. The summed E-state index contributed by atoms with van der Waals surface area (Å²) in [5.74, 6) is -4.11. The molecule has 0 aliphatic heterocycles. The molecule has 0 saturated heterocycles. The van der Waals surface area contributed by atoms with Gasteiger partial charge in [-0.1, -0.05) is 90.1 Å². The Morgan fingerprint density at radius 3 is 2.14 bits per heavy atom. The van der Waals surface area contributed by atoms with E-state index in [-0.39, 0.29) is 43.6 Å². The van der Waals surface area contributed by atoms with Crippen molar-refractivity contribution >= 4 is 23.7 Å². The van der Waals surface area contributed by atoms with Gasteiger partial charge in [-0.2, -0.15) is 13.2 Å². The summed E-state index contributed by atoms with van der Waals surface area (Å²) in [5, 5.41) is 8.13. The monoisotopic (exact) mass is 626 g/mol. The first-order chi connectivity index (χ1) is 20.6. The Labute approximate surface area is 258 Å². The van der Waals surface area contributed by atoms with E-state index in [4.69, 9.17) is 10.5 Å². The standard InChI is InChI=1S/C32H49F3N4O5/c1-20(2)15-26(39-29(41)24(36)16-22-11-7-5-8-12-22)30(42)38-25(17-23-13-9-6-10-14-23)27(44-31(43)32(33,34)35)18-28(40)37-19-21(3)4/h5,7-8,11-12,20-21,23-27H,6,9-10,13-19,36H2,1-4H3,(H,37,40)(H,38,42)(H,39,41)/t24-,25-,26-,27-/m0/s1. The van der Waals surface area contributed by atoms with Gasteiger partial charge in [0.15, 0.2) is 0 Å². The maximum Gasteiger partial charge on any atom is 0.490 e. The van der Waals surface area contributed by atoms with Gasteiger partial charge in [-0.05, 0) is 42.6 Å². The predicted molar refractivity (Wildman–Crippen MR) is 161 cm³/mol. The summed E-state index contributed by atoms with van der Waals surface area (Å²) in [6.45, 7) is 7.74. The van der Waals surface area contributed by atoms with E-state index in [2.05, 4.69) is 16.0 Å². The fourth-order valence-electron chi connectivity index (χ4n) is 5.35. The fraction of sp³-hybridized carbons (Fsp3) is 0.688. The lowest BCUT2D eigenvalue weighted by Crippen LogP contribution is -2.57. The van der Waals surface area contributed by atoms with Gasteiger partial charge in [-0.15, -0.1) is 0 Å². The van der Waals surface area contributed by atoms with Crippen LogP contribution in [0.25, 0.3) is 0 Å². The number of carbonyl (C=O) groups is 4. The largest absolute Gasteiger partial charge is 0.490 e. The number of amides is 3. The Morgan fingerprint density at radius 2 is 1.57 bits per heavy atom. The number of esters is 1. The lowest BCUT2D eigenvalue weighted by molar-refractivity contribution is -0.206. The molecule has 3 amide bonds. The van der Waals surface area contributed by atoms with Crippen LogP contribution in [0.15, 0.2) is 30.3 Å². The number of alkyl halides is 3. The van der Waals surface area contributed by atoms with Gasteiger partial charge in [0.1, 0.15) is 12.1 Å². The Hall–Kier alpha value is -3.15. The van der Waals surface area contributed by atoms with Crippen LogP contribution >= 0.6 is 0 Å². The average Bonchev–Trinajstić information content (AvgIpc) is 2.95. The van der Waals surface area contributed by atoms with Gasteiger partial charge in [-0.25, -0.2) is 4.79 Å². The first-order valence-electron chi connectivity index (χ1n) is 15.6. The minimum atomic E-state index is -5.28. The molecule has 248 valence electrons. The van der Waals surface area contributed by atoms with Crippen molar-refractivity contribution in [2.45, 2.75) is 116 Å². The highest BCUT2D eigenvalue weighted by molar-refractivity contribution is 5.90. The average molecular weight is 627 g/mol. The first-order valence-corrected chi connectivity index (χ1v) is 15.6. The van der Waals surface area contributed by atoms with E-state index < -0.39 is 60.5 Å². The van der Waals surface area contributed by atoms with Crippen LogP contribution < -0.4 is 21.7 Å². The molecule has 0 heterocycles. The summed E-state index contributed by atoms with van der Waals surface area (Å²) in [6, 6.07) is 6.08. The van der Waals surface area contributed by atoms with Gasteiger partial charge in [0.25, 0.3) is 0 Å². The van der Waals surface area contributed by atoms with E-state index in [1.165, 1.54) is 0 Å². The van der Waals surface area contributed by atoms with Gasteiger partial charge in [0.2, 0.25) is 17.7 Å². The van der Waals surface area contributed by atoms with Gasteiger partial charge in [-0.3, -0.25) is 14.4 Å².